The summed E-state index contributed by atoms with van der Waals surface area (Å²) < 4.78 is 15.9. The lowest BCUT2D eigenvalue weighted by atomic mass is 10.0. The largest absolute Gasteiger partial charge is 0.329 e. The highest BCUT2D eigenvalue weighted by Crippen LogP contribution is 2.26. The fourth-order valence-corrected chi connectivity index (χ4v) is 3.13. The molecule has 21 heavy (non-hydrogen) atoms. The monoisotopic (exact) mass is 414 g/mol. The van der Waals surface area contributed by atoms with E-state index >= 15 is 0 Å². The molecule has 0 fully saturated rings. The van der Waals surface area contributed by atoms with Crippen LogP contribution in [0.4, 0.5) is 4.39 Å². The van der Waals surface area contributed by atoms with Gasteiger partial charge in [-0.3, -0.25) is 4.90 Å². The molecule has 2 nitrogen and oxygen atoms in total. The third kappa shape index (κ3) is 4.36. The van der Waals surface area contributed by atoms with Gasteiger partial charge in [0.2, 0.25) is 0 Å². The Morgan fingerprint density at radius 2 is 1.86 bits per heavy atom. The minimum atomic E-state index is -0.235. The molecule has 0 radical (unpaired) electrons. The molecule has 0 aromatic heterocycles. The molecule has 0 heterocycles. The van der Waals surface area contributed by atoms with Crippen molar-refractivity contribution in [2.24, 2.45) is 5.73 Å². The Hall–Kier alpha value is -0.750. The van der Waals surface area contributed by atoms with E-state index in [1.807, 2.05) is 31.3 Å². The molecule has 5 heteroatoms. The van der Waals surface area contributed by atoms with Crippen LogP contribution < -0.4 is 5.73 Å². The first-order valence-electron chi connectivity index (χ1n) is 6.61. The number of likely N-dealkylation sites (N-methyl/N-ethyl adjacent to an activating group) is 1. The average molecular weight is 416 g/mol. The number of benzene rings is 2. The summed E-state index contributed by atoms with van der Waals surface area (Å²) >= 11 is 6.74. The number of rotatable bonds is 5. The van der Waals surface area contributed by atoms with Crippen LogP contribution in [0, 0.1) is 5.82 Å². The maximum absolute atomic E-state index is 14.1. The van der Waals surface area contributed by atoms with Gasteiger partial charge in [0.05, 0.1) is 0 Å². The SMILES string of the molecule is CN(Cc1cccc(Br)c1)C(CN)c1ccc(Br)cc1F. The van der Waals surface area contributed by atoms with E-state index in [9.17, 15) is 4.39 Å². The number of nitrogens with two attached hydrogens (primary N) is 1. The molecule has 0 saturated carbocycles. The molecule has 0 aliphatic heterocycles. The van der Waals surface area contributed by atoms with Crippen molar-refractivity contribution < 1.29 is 4.39 Å². The Bertz CT molecular complexity index is 619. The van der Waals surface area contributed by atoms with Gasteiger partial charge in [-0.25, -0.2) is 4.39 Å². The smallest absolute Gasteiger partial charge is 0.129 e. The van der Waals surface area contributed by atoms with E-state index in [2.05, 4.69) is 42.8 Å². The highest BCUT2D eigenvalue weighted by atomic mass is 79.9. The van der Waals surface area contributed by atoms with E-state index in [4.69, 9.17) is 5.73 Å². The molecule has 2 rings (SSSR count). The van der Waals surface area contributed by atoms with Crippen LogP contribution in [0.3, 0.4) is 0 Å². The van der Waals surface area contributed by atoms with Crippen LogP contribution in [0.2, 0.25) is 0 Å². The van der Waals surface area contributed by atoms with Gasteiger partial charge in [0, 0.05) is 33.6 Å². The first kappa shape index (κ1) is 16.6. The summed E-state index contributed by atoms with van der Waals surface area (Å²) in [4.78, 5) is 2.06. The molecular weight excluding hydrogens is 399 g/mol. The van der Waals surface area contributed by atoms with Gasteiger partial charge in [-0.15, -0.1) is 0 Å². The van der Waals surface area contributed by atoms with Gasteiger partial charge < -0.3 is 5.73 Å². The summed E-state index contributed by atoms with van der Waals surface area (Å²) in [5, 5.41) is 0. The van der Waals surface area contributed by atoms with Crippen molar-refractivity contribution in [3.63, 3.8) is 0 Å². The lowest BCUT2D eigenvalue weighted by Gasteiger charge is -2.28. The second-order valence-electron chi connectivity index (χ2n) is 4.96. The van der Waals surface area contributed by atoms with E-state index in [1.165, 1.54) is 6.07 Å². The zero-order valence-electron chi connectivity index (χ0n) is 11.7. The van der Waals surface area contributed by atoms with Crippen molar-refractivity contribution >= 4 is 31.9 Å². The summed E-state index contributed by atoms with van der Waals surface area (Å²) in [6.07, 6.45) is 0. The van der Waals surface area contributed by atoms with Crippen molar-refractivity contribution in [1.82, 2.24) is 4.90 Å². The van der Waals surface area contributed by atoms with Gasteiger partial charge in [0.15, 0.2) is 0 Å². The molecule has 2 aromatic carbocycles. The number of hydrogen-bond acceptors (Lipinski definition) is 2. The molecular formula is C16H17Br2FN2. The van der Waals surface area contributed by atoms with Gasteiger partial charge in [-0.05, 0) is 36.9 Å². The predicted molar refractivity (Wildman–Crippen MR) is 91.5 cm³/mol. The Labute approximate surface area is 141 Å². The highest BCUT2D eigenvalue weighted by molar-refractivity contribution is 9.10. The molecule has 0 bridgehead atoms. The van der Waals surface area contributed by atoms with Gasteiger partial charge in [0.25, 0.3) is 0 Å². The maximum atomic E-state index is 14.1. The summed E-state index contributed by atoms with van der Waals surface area (Å²) in [5.41, 5.74) is 7.65. The fraction of sp³-hybridized carbons (Fsp3) is 0.250. The molecule has 0 amide bonds. The first-order valence-corrected chi connectivity index (χ1v) is 8.19. The van der Waals surface area contributed by atoms with Gasteiger partial charge >= 0.3 is 0 Å². The zero-order chi connectivity index (χ0) is 15.4. The normalized spacial score (nSPS) is 12.7. The minimum absolute atomic E-state index is 0.155. The Morgan fingerprint density at radius 1 is 1.14 bits per heavy atom. The molecule has 2 aromatic rings. The van der Waals surface area contributed by atoms with E-state index in [1.54, 1.807) is 6.07 Å². The predicted octanol–water partition coefficient (Wildman–Crippen LogP) is 4.48. The highest BCUT2D eigenvalue weighted by Gasteiger charge is 2.19. The quantitative estimate of drug-likeness (QED) is 0.779. The molecule has 0 spiro atoms. The van der Waals surface area contributed by atoms with Gasteiger partial charge in [0.1, 0.15) is 5.82 Å². The molecule has 0 saturated heterocycles. The second-order valence-corrected chi connectivity index (χ2v) is 6.79. The topological polar surface area (TPSA) is 29.3 Å². The van der Waals surface area contributed by atoms with Gasteiger partial charge in [-0.1, -0.05) is 50.1 Å². The van der Waals surface area contributed by atoms with Crippen molar-refractivity contribution in [2.45, 2.75) is 12.6 Å². The van der Waals surface area contributed by atoms with E-state index < -0.39 is 0 Å². The van der Waals surface area contributed by atoms with E-state index in [0.29, 0.717) is 18.7 Å². The van der Waals surface area contributed by atoms with Crippen molar-refractivity contribution in [2.75, 3.05) is 13.6 Å². The first-order chi connectivity index (χ1) is 10.0. The lowest BCUT2D eigenvalue weighted by Crippen LogP contribution is -2.30. The summed E-state index contributed by atoms with van der Waals surface area (Å²) in [7, 11) is 1.96. The summed E-state index contributed by atoms with van der Waals surface area (Å²) in [5.74, 6) is -0.235. The number of halogens is 3. The van der Waals surface area contributed by atoms with Gasteiger partial charge in [-0.2, -0.15) is 0 Å². The summed E-state index contributed by atoms with van der Waals surface area (Å²) in [6, 6.07) is 13.0. The fourth-order valence-electron chi connectivity index (χ4n) is 2.35. The van der Waals surface area contributed by atoms with Crippen molar-refractivity contribution in [1.29, 1.82) is 0 Å². The van der Waals surface area contributed by atoms with Crippen LogP contribution in [0.5, 0.6) is 0 Å². The van der Waals surface area contributed by atoms with Crippen LogP contribution in [-0.2, 0) is 6.54 Å². The van der Waals surface area contributed by atoms with Crippen LogP contribution in [-0.4, -0.2) is 18.5 Å². The van der Waals surface area contributed by atoms with E-state index in [-0.39, 0.29) is 11.9 Å². The van der Waals surface area contributed by atoms with Crippen molar-refractivity contribution in [3.8, 4) is 0 Å². The molecule has 0 aliphatic carbocycles. The number of hydrogen-bond donors (Lipinski definition) is 1. The average Bonchev–Trinajstić information content (AvgIpc) is 2.42. The van der Waals surface area contributed by atoms with Crippen LogP contribution >= 0.6 is 31.9 Å². The lowest BCUT2D eigenvalue weighted by molar-refractivity contribution is 0.236. The second kappa shape index (κ2) is 7.49. The Morgan fingerprint density at radius 3 is 2.48 bits per heavy atom. The third-order valence-corrected chi connectivity index (χ3v) is 4.38. The maximum Gasteiger partial charge on any atom is 0.129 e. The van der Waals surface area contributed by atoms with E-state index in [0.717, 1.165) is 14.5 Å². The number of nitrogens with zero attached hydrogens (tertiary/aromatic N) is 1. The Balaban J connectivity index is 2.20. The molecule has 0 aliphatic rings. The van der Waals surface area contributed by atoms with Crippen LogP contribution in [0.25, 0.3) is 0 Å². The molecule has 2 N–H and O–H groups in total. The zero-order valence-corrected chi connectivity index (χ0v) is 14.9. The molecule has 112 valence electrons. The molecule has 1 atom stereocenters. The van der Waals surface area contributed by atoms with Crippen LogP contribution in [0.1, 0.15) is 17.2 Å². The standard InChI is InChI=1S/C16H17Br2FN2/c1-21(10-11-3-2-4-12(17)7-11)16(9-20)14-6-5-13(18)8-15(14)19/h2-8,16H,9-10,20H2,1H3. The molecule has 1 unspecified atom stereocenters. The third-order valence-electron chi connectivity index (χ3n) is 3.40. The van der Waals surface area contributed by atoms with Crippen LogP contribution in [0.15, 0.2) is 51.4 Å². The minimum Gasteiger partial charge on any atom is -0.329 e. The Kier molecular flexibility index (Phi) is 5.93. The summed E-state index contributed by atoms with van der Waals surface area (Å²) in [6.45, 7) is 1.07. The van der Waals surface area contributed by atoms with Crippen molar-refractivity contribution in [3.05, 3.63) is 68.4 Å².